The van der Waals surface area contributed by atoms with Gasteiger partial charge in [-0.05, 0) is 17.7 Å². The Balaban J connectivity index is 2.96. The summed E-state index contributed by atoms with van der Waals surface area (Å²) in [6.45, 7) is 3.62. The second-order valence-electron chi connectivity index (χ2n) is 2.16. The van der Waals surface area contributed by atoms with Crippen molar-refractivity contribution in [3.63, 3.8) is 0 Å². The zero-order valence-electron chi connectivity index (χ0n) is 5.92. The quantitative estimate of drug-likeness (QED) is 0.664. The molecular formula is C8H7BClO. The Kier molecular flexibility index (Phi) is 2.74. The van der Waals surface area contributed by atoms with E-state index in [1.807, 2.05) is 12.1 Å². The van der Waals surface area contributed by atoms with Crippen molar-refractivity contribution < 1.29 is 5.02 Å². The maximum absolute atomic E-state index is 8.61. The first-order valence-electron chi connectivity index (χ1n) is 3.16. The molecule has 0 amide bonds. The van der Waals surface area contributed by atoms with Crippen LogP contribution in [0.3, 0.4) is 0 Å². The molecule has 1 aromatic carbocycles. The van der Waals surface area contributed by atoms with Gasteiger partial charge in [0.1, 0.15) is 0 Å². The van der Waals surface area contributed by atoms with Gasteiger partial charge in [0.25, 0.3) is 0 Å². The van der Waals surface area contributed by atoms with Gasteiger partial charge in [0, 0.05) is 5.02 Å². The minimum Gasteiger partial charge on any atom is -0.450 e. The Labute approximate surface area is 71.6 Å². The van der Waals surface area contributed by atoms with Gasteiger partial charge in [-0.15, -0.1) is 6.58 Å². The Bertz CT molecular complexity index is 273. The monoisotopic (exact) mass is 165 g/mol. The van der Waals surface area contributed by atoms with Crippen LogP contribution in [0.4, 0.5) is 0 Å². The van der Waals surface area contributed by atoms with Crippen LogP contribution in [-0.4, -0.2) is 12.5 Å². The maximum atomic E-state index is 8.61. The molecule has 0 saturated heterocycles. The number of benzene rings is 1. The Morgan fingerprint density at radius 1 is 1.55 bits per heavy atom. The zero-order valence-corrected chi connectivity index (χ0v) is 6.67. The van der Waals surface area contributed by atoms with Crippen molar-refractivity contribution in [3.8, 4) is 0 Å². The fourth-order valence-corrected chi connectivity index (χ4v) is 0.953. The SMILES string of the molecule is C=C([B]O)c1cccc(Cl)c1. The van der Waals surface area contributed by atoms with Gasteiger partial charge in [-0.1, -0.05) is 29.2 Å². The Hall–Kier alpha value is -0.725. The molecule has 0 aliphatic heterocycles. The molecule has 0 atom stereocenters. The van der Waals surface area contributed by atoms with E-state index >= 15 is 0 Å². The fraction of sp³-hybridized carbons (Fsp3) is 0. The molecule has 0 aliphatic rings. The van der Waals surface area contributed by atoms with Crippen molar-refractivity contribution in [2.24, 2.45) is 0 Å². The molecule has 0 spiro atoms. The van der Waals surface area contributed by atoms with Crippen LogP contribution in [0.25, 0.3) is 5.47 Å². The zero-order chi connectivity index (χ0) is 8.27. The number of rotatable bonds is 2. The van der Waals surface area contributed by atoms with Gasteiger partial charge in [0.15, 0.2) is 0 Å². The third-order valence-corrected chi connectivity index (χ3v) is 1.59. The van der Waals surface area contributed by atoms with E-state index < -0.39 is 0 Å². The highest BCUT2D eigenvalue weighted by Gasteiger charge is 1.98. The molecule has 3 heteroatoms. The highest BCUT2D eigenvalue weighted by Crippen LogP contribution is 2.15. The summed E-state index contributed by atoms with van der Waals surface area (Å²) in [4.78, 5) is 0. The molecule has 11 heavy (non-hydrogen) atoms. The van der Waals surface area contributed by atoms with Crippen LogP contribution in [0, 0.1) is 0 Å². The van der Waals surface area contributed by atoms with Crippen LogP contribution in [0.5, 0.6) is 0 Å². The molecule has 0 bridgehead atoms. The molecule has 0 aliphatic carbocycles. The second kappa shape index (κ2) is 3.60. The summed E-state index contributed by atoms with van der Waals surface area (Å²) in [5, 5.41) is 9.26. The first-order valence-corrected chi connectivity index (χ1v) is 3.54. The molecule has 1 nitrogen and oxygen atoms in total. The van der Waals surface area contributed by atoms with Crippen LogP contribution in [-0.2, 0) is 0 Å². The molecule has 0 heterocycles. The number of halogens is 1. The van der Waals surface area contributed by atoms with Crippen molar-refractivity contribution in [2.75, 3.05) is 0 Å². The van der Waals surface area contributed by atoms with Gasteiger partial charge in [0.2, 0.25) is 0 Å². The molecule has 0 aromatic heterocycles. The molecule has 1 aromatic rings. The standard InChI is InChI=1S/C8H7BClO/c1-6(9-11)7-3-2-4-8(10)5-7/h2-5,11H,1H2. The van der Waals surface area contributed by atoms with E-state index in [0.717, 1.165) is 13.0 Å². The average molecular weight is 165 g/mol. The van der Waals surface area contributed by atoms with Crippen molar-refractivity contribution in [3.05, 3.63) is 41.4 Å². The average Bonchev–Trinajstić information content (AvgIpc) is 2.03. The molecule has 0 fully saturated rings. The normalized spacial score (nSPS) is 9.27. The van der Waals surface area contributed by atoms with E-state index in [4.69, 9.17) is 16.6 Å². The maximum Gasteiger partial charge on any atom is 0.326 e. The molecule has 55 valence electrons. The molecule has 1 rings (SSSR count). The Morgan fingerprint density at radius 3 is 2.82 bits per heavy atom. The van der Waals surface area contributed by atoms with Gasteiger partial charge < -0.3 is 5.02 Å². The topological polar surface area (TPSA) is 20.2 Å². The Morgan fingerprint density at radius 2 is 2.27 bits per heavy atom. The first kappa shape index (κ1) is 8.37. The largest absolute Gasteiger partial charge is 0.450 e. The summed E-state index contributed by atoms with van der Waals surface area (Å²) in [5.41, 5.74) is 1.40. The summed E-state index contributed by atoms with van der Waals surface area (Å²) < 4.78 is 0. The predicted molar refractivity (Wildman–Crippen MR) is 48.5 cm³/mol. The van der Waals surface area contributed by atoms with Crippen LogP contribution < -0.4 is 0 Å². The first-order chi connectivity index (χ1) is 5.24. The lowest BCUT2D eigenvalue weighted by molar-refractivity contribution is 0.616. The van der Waals surface area contributed by atoms with Gasteiger partial charge in [-0.3, -0.25) is 0 Å². The van der Waals surface area contributed by atoms with Gasteiger partial charge in [-0.2, -0.15) is 0 Å². The van der Waals surface area contributed by atoms with Crippen molar-refractivity contribution in [2.45, 2.75) is 0 Å². The lowest BCUT2D eigenvalue weighted by Gasteiger charge is -1.99. The van der Waals surface area contributed by atoms with Crippen molar-refractivity contribution >= 4 is 24.6 Å². The summed E-state index contributed by atoms with van der Waals surface area (Å²) >= 11 is 5.71. The lowest BCUT2D eigenvalue weighted by Crippen LogP contribution is -1.91. The molecule has 0 saturated carbocycles. The molecule has 1 radical (unpaired) electrons. The summed E-state index contributed by atoms with van der Waals surface area (Å²) in [5.74, 6) is 0. The highest BCUT2D eigenvalue weighted by atomic mass is 35.5. The van der Waals surface area contributed by atoms with E-state index in [2.05, 4.69) is 6.58 Å². The van der Waals surface area contributed by atoms with Gasteiger partial charge in [0.05, 0.1) is 0 Å². The summed E-state index contributed by atoms with van der Waals surface area (Å²) in [6, 6.07) is 7.17. The smallest absolute Gasteiger partial charge is 0.326 e. The van der Waals surface area contributed by atoms with Gasteiger partial charge >= 0.3 is 7.48 Å². The van der Waals surface area contributed by atoms with Crippen LogP contribution >= 0.6 is 11.6 Å². The van der Waals surface area contributed by atoms with E-state index in [1.54, 1.807) is 12.1 Å². The summed E-state index contributed by atoms with van der Waals surface area (Å²) in [7, 11) is 0.964. The molecule has 0 unspecified atom stereocenters. The van der Waals surface area contributed by atoms with E-state index in [1.165, 1.54) is 0 Å². The predicted octanol–water partition coefficient (Wildman–Crippen LogP) is 1.92. The van der Waals surface area contributed by atoms with E-state index in [-0.39, 0.29) is 0 Å². The fourth-order valence-electron chi connectivity index (χ4n) is 0.763. The molecule has 1 N–H and O–H groups in total. The second-order valence-corrected chi connectivity index (χ2v) is 2.60. The number of hydrogen-bond acceptors (Lipinski definition) is 1. The van der Waals surface area contributed by atoms with Crippen LogP contribution in [0.1, 0.15) is 5.56 Å². The third kappa shape index (κ3) is 2.10. The minimum absolute atomic E-state index is 0.563. The lowest BCUT2D eigenvalue weighted by atomic mass is 9.84. The number of hydrogen-bond donors (Lipinski definition) is 1. The van der Waals surface area contributed by atoms with Crippen molar-refractivity contribution in [1.29, 1.82) is 0 Å². The molecular weight excluding hydrogens is 158 g/mol. The van der Waals surface area contributed by atoms with E-state index in [9.17, 15) is 0 Å². The van der Waals surface area contributed by atoms with E-state index in [0.29, 0.717) is 10.5 Å². The highest BCUT2D eigenvalue weighted by molar-refractivity contribution is 6.53. The third-order valence-electron chi connectivity index (χ3n) is 1.35. The summed E-state index contributed by atoms with van der Waals surface area (Å²) in [6.07, 6.45) is 0. The van der Waals surface area contributed by atoms with Crippen LogP contribution in [0.2, 0.25) is 5.02 Å². The minimum atomic E-state index is 0.563. The van der Waals surface area contributed by atoms with Gasteiger partial charge in [-0.25, -0.2) is 0 Å². The van der Waals surface area contributed by atoms with Crippen LogP contribution in [0.15, 0.2) is 30.8 Å². The van der Waals surface area contributed by atoms with Crippen molar-refractivity contribution in [1.82, 2.24) is 0 Å².